The zero-order valence-corrected chi connectivity index (χ0v) is 11.7. The van der Waals surface area contributed by atoms with Crippen LogP contribution in [0.5, 0.6) is 0 Å². The smallest absolute Gasteiger partial charge is 0 e. The summed E-state index contributed by atoms with van der Waals surface area (Å²) < 4.78 is 0. The first-order valence-electron chi connectivity index (χ1n) is 4.66. The Morgan fingerprint density at radius 1 is 1.00 bits per heavy atom. The van der Waals surface area contributed by atoms with Crippen molar-refractivity contribution in [2.75, 3.05) is 0 Å². The second-order valence-corrected chi connectivity index (χ2v) is 3.84. The van der Waals surface area contributed by atoms with Crippen molar-refractivity contribution in [1.82, 2.24) is 0 Å². The Balaban J connectivity index is 0. The second kappa shape index (κ2) is 8.72. The quantitative estimate of drug-likeness (QED) is 0.601. The predicted octanol–water partition coefficient (Wildman–Crippen LogP) is 3.86. The molecule has 64 valence electrons. The molecule has 0 N–H and O–H groups in total. The molecular formula is C10H22Zn. The first kappa shape index (κ1) is 14.2. The molecule has 0 fully saturated rings. The molecule has 0 aliphatic heterocycles. The number of hydrogen-bond donors (Lipinski definition) is 0. The molecule has 0 aromatic rings. The van der Waals surface area contributed by atoms with Crippen LogP contribution in [-0.4, -0.2) is 0 Å². The standard InChI is InChI=1S/C10H22.Zn/c1-5-10(4)8-6-7-9(2)3;/h9-10H,5-8H2,1-4H3;. The van der Waals surface area contributed by atoms with Gasteiger partial charge in [-0.15, -0.1) is 0 Å². The summed E-state index contributed by atoms with van der Waals surface area (Å²) in [6, 6.07) is 0. The van der Waals surface area contributed by atoms with E-state index in [0.717, 1.165) is 11.8 Å². The van der Waals surface area contributed by atoms with Gasteiger partial charge < -0.3 is 0 Å². The van der Waals surface area contributed by atoms with Crippen LogP contribution in [0.4, 0.5) is 0 Å². The van der Waals surface area contributed by atoms with E-state index in [1.165, 1.54) is 25.7 Å². The first-order valence-corrected chi connectivity index (χ1v) is 4.66. The van der Waals surface area contributed by atoms with Crippen LogP contribution in [0.1, 0.15) is 53.4 Å². The molecule has 0 aliphatic rings. The molecule has 0 heterocycles. The molecule has 0 bridgehead atoms. The molecule has 1 atom stereocenters. The van der Waals surface area contributed by atoms with Crippen LogP contribution in [-0.2, 0) is 19.5 Å². The Morgan fingerprint density at radius 3 is 1.91 bits per heavy atom. The van der Waals surface area contributed by atoms with Gasteiger partial charge in [0.2, 0.25) is 0 Å². The third kappa shape index (κ3) is 10.6. The van der Waals surface area contributed by atoms with E-state index < -0.39 is 0 Å². The molecule has 0 saturated heterocycles. The van der Waals surface area contributed by atoms with E-state index in [9.17, 15) is 0 Å². The fourth-order valence-electron chi connectivity index (χ4n) is 1.08. The van der Waals surface area contributed by atoms with Gasteiger partial charge in [-0.25, -0.2) is 0 Å². The summed E-state index contributed by atoms with van der Waals surface area (Å²) in [6.07, 6.45) is 5.60. The minimum Gasteiger partial charge on any atom is -0.0651 e. The van der Waals surface area contributed by atoms with E-state index in [1.54, 1.807) is 0 Å². The maximum absolute atomic E-state index is 2.35. The van der Waals surface area contributed by atoms with Crippen molar-refractivity contribution >= 4 is 0 Å². The average Bonchev–Trinajstić information content (AvgIpc) is 1.87. The van der Waals surface area contributed by atoms with Crippen molar-refractivity contribution in [3.05, 3.63) is 0 Å². The summed E-state index contributed by atoms with van der Waals surface area (Å²) >= 11 is 0. The summed E-state index contributed by atoms with van der Waals surface area (Å²) in [5.41, 5.74) is 0. The van der Waals surface area contributed by atoms with Crippen LogP contribution in [0.15, 0.2) is 0 Å². The summed E-state index contributed by atoms with van der Waals surface area (Å²) in [5, 5.41) is 0. The van der Waals surface area contributed by atoms with Crippen LogP contribution >= 0.6 is 0 Å². The monoisotopic (exact) mass is 206 g/mol. The molecule has 0 aromatic heterocycles. The molecule has 0 amide bonds. The Bertz CT molecular complexity index is 69.3. The third-order valence-electron chi connectivity index (χ3n) is 2.18. The summed E-state index contributed by atoms with van der Waals surface area (Å²) in [6.45, 7) is 9.23. The van der Waals surface area contributed by atoms with Crippen molar-refractivity contribution in [3.63, 3.8) is 0 Å². The van der Waals surface area contributed by atoms with Gasteiger partial charge in [-0.05, 0) is 11.8 Å². The van der Waals surface area contributed by atoms with Gasteiger partial charge in [0.05, 0.1) is 0 Å². The maximum atomic E-state index is 2.35. The van der Waals surface area contributed by atoms with Gasteiger partial charge in [0.1, 0.15) is 0 Å². The van der Waals surface area contributed by atoms with Crippen molar-refractivity contribution in [3.8, 4) is 0 Å². The largest absolute Gasteiger partial charge is 0.0651 e. The van der Waals surface area contributed by atoms with Crippen molar-refractivity contribution in [2.24, 2.45) is 11.8 Å². The van der Waals surface area contributed by atoms with Gasteiger partial charge in [-0.2, -0.15) is 0 Å². The molecule has 0 spiro atoms. The van der Waals surface area contributed by atoms with Crippen LogP contribution in [0, 0.1) is 11.8 Å². The van der Waals surface area contributed by atoms with Crippen LogP contribution in [0.2, 0.25) is 0 Å². The SMILES string of the molecule is CCC(C)CCCC(C)C.[Zn]. The number of hydrogen-bond acceptors (Lipinski definition) is 0. The van der Waals surface area contributed by atoms with Gasteiger partial charge in [-0.1, -0.05) is 53.4 Å². The van der Waals surface area contributed by atoms with Crippen LogP contribution in [0.3, 0.4) is 0 Å². The molecule has 0 aliphatic carbocycles. The Labute approximate surface area is 84.9 Å². The van der Waals surface area contributed by atoms with Gasteiger partial charge in [0, 0.05) is 19.5 Å². The Kier molecular flexibility index (Phi) is 11.2. The van der Waals surface area contributed by atoms with E-state index in [0.29, 0.717) is 0 Å². The Hall–Kier alpha value is 0.623. The molecule has 0 radical (unpaired) electrons. The molecule has 11 heavy (non-hydrogen) atoms. The first-order chi connectivity index (χ1) is 4.66. The normalized spacial score (nSPS) is 12.8. The minimum absolute atomic E-state index is 0. The van der Waals surface area contributed by atoms with E-state index in [-0.39, 0.29) is 19.5 Å². The maximum Gasteiger partial charge on any atom is 0 e. The van der Waals surface area contributed by atoms with Gasteiger partial charge >= 0.3 is 0 Å². The molecule has 0 aromatic carbocycles. The fraction of sp³-hybridized carbons (Fsp3) is 1.00. The van der Waals surface area contributed by atoms with E-state index in [4.69, 9.17) is 0 Å². The molecular weight excluding hydrogens is 185 g/mol. The molecule has 0 saturated carbocycles. The molecule has 0 nitrogen and oxygen atoms in total. The zero-order valence-electron chi connectivity index (χ0n) is 8.69. The summed E-state index contributed by atoms with van der Waals surface area (Å²) in [4.78, 5) is 0. The van der Waals surface area contributed by atoms with Crippen molar-refractivity contribution in [2.45, 2.75) is 53.4 Å². The fourth-order valence-corrected chi connectivity index (χ4v) is 1.08. The van der Waals surface area contributed by atoms with E-state index >= 15 is 0 Å². The topological polar surface area (TPSA) is 0 Å². The van der Waals surface area contributed by atoms with Crippen LogP contribution < -0.4 is 0 Å². The Morgan fingerprint density at radius 2 is 1.55 bits per heavy atom. The van der Waals surface area contributed by atoms with Gasteiger partial charge in [0.25, 0.3) is 0 Å². The minimum atomic E-state index is 0. The predicted molar refractivity (Wildman–Crippen MR) is 48.1 cm³/mol. The molecule has 0 rings (SSSR count). The van der Waals surface area contributed by atoms with Crippen molar-refractivity contribution in [1.29, 1.82) is 0 Å². The summed E-state index contributed by atoms with van der Waals surface area (Å²) in [5.74, 6) is 1.84. The van der Waals surface area contributed by atoms with Gasteiger partial charge in [-0.3, -0.25) is 0 Å². The van der Waals surface area contributed by atoms with E-state index in [2.05, 4.69) is 27.7 Å². The third-order valence-corrected chi connectivity index (χ3v) is 2.18. The average molecular weight is 208 g/mol. The molecule has 1 heteroatoms. The van der Waals surface area contributed by atoms with Gasteiger partial charge in [0.15, 0.2) is 0 Å². The van der Waals surface area contributed by atoms with Crippen molar-refractivity contribution < 1.29 is 19.5 Å². The zero-order chi connectivity index (χ0) is 7.98. The summed E-state index contributed by atoms with van der Waals surface area (Å²) in [7, 11) is 0. The number of rotatable bonds is 5. The molecule has 1 unspecified atom stereocenters. The van der Waals surface area contributed by atoms with Crippen LogP contribution in [0.25, 0.3) is 0 Å². The van der Waals surface area contributed by atoms with E-state index in [1.807, 2.05) is 0 Å². The second-order valence-electron chi connectivity index (χ2n) is 3.84.